The Morgan fingerprint density at radius 2 is 2.06 bits per heavy atom. The van der Waals surface area contributed by atoms with Crippen LogP contribution in [-0.2, 0) is 13.0 Å². The Hall–Kier alpha value is -1.46. The van der Waals surface area contributed by atoms with Crippen molar-refractivity contribution in [2.45, 2.75) is 13.0 Å². The minimum atomic E-state index is 0.0651. The van der Waals surface area contributed by atoms with Gasteiger partial charge in [0.2, 0.25) is 0 Å². The molecule has 0 aliphatic carbocycles. The molecular formula is C11H13N3OS. The summed E-state index contributed by atoms with van der Waals surface area (Å²) >= 11 is 5.09. The molecule has 2 aromatic rings. The number of hydrogen-bond donors (Lipinski definition) is 2. The first-order valence-electron chi connectivity index (χ1n) is 5.10. The van der Waals surface area contributed by atoms with Gasteiger partial charge >= 0.3 is 0 Å². The van der Waals surface area contributed by atoms with Gasteiger partial charge in [-0.05, 0) is 17.8 Å². The van der Waals surface area contributed by atoms with Gasteiger partial charge in [-0.2, -0.15) is 5.10 Å². The second-order valence-corrected chi connectivity index (χ2v) is 3.87. The quantitative estimate of drug-likeness (QED) is 0.790. The lowest BCUT2D eigenvalue weighted by atomic mass is 10.1. The molecule has 0 aliphatic rings. The smallest absolute Gasteiger partial charge is 0.195 e. The first-order valence-corrected chi connectivity index (χ1v) is 5.51. The van der Waals surface area contributed by atoms with Gasteiger partial charge in [-0.25, -0.2) is 0 Å². The molecule has 5 heteroatoms. The molecule has 0 spiro atoms. The SMILES string of the molecule is OCCn1c(Cc2ccccc2)n[nH]c1=S. The molecule has 0 aliphatic heterocycles. The Morgan fingerprint density at radius 3 is 2.75 bits per heavy atom. The minimum absolute atomic E-state index is 0.0651. The van der Waals surface area contributed by atoms with E-state index in [1.807, 2.05) is 34.9 Å². The van der Waals surface area contributed by atoms with Gasteiger partial charge < -0.3 is 9.67 Å². The topological polar surface area (TPSA) is 53.8 Å². The summed E-state index contributed by atoms with van der Waals surface area (Å²) in [4.78, 5) is 0. The van der Waals surface area contributed by atoms with Gasteiger partial charge in [-0.1, -0.05) is 30.3 Å². The Kier molecular flexibility index (Phi) is 3.48. The Morgan fingerprint density at radius 1 is 1.31 bits per heavy atom. The summed E-state index contributed by atoms with van der Waals surface area (Å²) in [6.45, 7) is 0.549. The standard InChI is InChI=1S/C11H13N3OS/c15-7-6-14-10(12-13-11(14)16)8-9-4-2-1-3-5-9/h1-5,15H,6-8H2,(H,13,16). The molecule has 0 saturated heterocycles. The minimum Gasteiger partial charge on any atom is -0.395 e. The van der Waals surface area contributed by atoms with Crippen LogP contribution in [0, 0.1) is 4.77 Å². The fourth-order valence-electron chi connectivity index (χ4n) is 1.59. The molecule has 84 valence electrons. The Balaban J connectivity index is 2.25. The summed E-state index contributed by atoms with van der Waals surface area (Å²) in [5, 5.41) is 15.9. The second-order valence-electron chi connectivity index (χ2n) is 3.48. The summed E-state index contributed by atoms with van der Waals surface area (Å²) in [5.41, 5.74) is 1.18. The van der Waals surface area contributed by atoms with Gasteiger partial charge in [0, 0.05) is 13.0 Å². The highest BCUT2D eigenvalue weighted by molar-refractivity contribution is 7.71. The van der Waals surface area contributed by atoms with E-state index in [9.17, 15) is 0 Å². The van der Waals surface area contributed by atoms with Gasteiger partial charge in [-0.3, -0.25) is 5.10 Å². The van der Waals surface area contributed by atoms with E-state index in [0.29, 0.717) is 17.7 Å². The van der Waals surface area contributed by atoms with E-state index in [0.717, 1.165) is 5.82 Å². The van der Waals surface area contributed by atoms with E-state index in [2.05, 4.69) is 10.2 Å². The number of aliphatic hydroxyl groups is 1. The number of nitrogens with zero attached hydrogens (tertiary/aromatic N) is 2. The van der Waals surface area contributed by atoms with Crippen LogP contribution in [0.2, 0.25) is 0 Å². The van der Waals surface area contributed by atoms with Crippen molar-refractivity contribution >= 4 is 12.2 Å². The van der Waals surface area contributed by atoms with Crippen LogP contribution in [0.1, 0.15) is 11.4 Å². The van der Waals surface area contributed by atoms with Crippen molar-refractivity contribution in [2.75, 3.05) is 6.61 Å². The van der Waals surface area contributed by atoms with E-state index < -0.39 is 0 Å². The summed E-state index contributed by atoms with van der Waals surface area (Å²) in [7, 11) is 0. The lowest BCUT2D eigenvalue weighted by Gasteiger charge is -2.04. The van der Waals surface area contributed by atoms with Gasteiger partial charge in [0.05, 0.1) is 6.61 Å². The van der Waals surface area contributed by atoms with Crippen molar-refractivity contribution in [3.8, 4) is 0 Å². The van der Waals surface area contributed by atoms with Crippen LogP contribution >= 0.6 is 12.2 Å². The maximum absolute atomic E-state index is 8.94. The third-order valence-corrected chi connectivity index (χ3v) is 2.68. The van der Waals surface area contributed by atoms with Crippen LogP contribution in [0.3, 0.4) is 0 Å². The molecule has 0 saturated carbocycles. The van der Waals surface area contributed by atoms with Crippen molar-refractivity contribution in [2.24, 2.45) is 0 Å². The lowest BCUT2D eigenvalue weighted by Crippen LogP contribution is -2.07. The maximum Gasteiger partial charge on any atom is 0.195 e. The van der Waals surface area contributed by atoms with Crippen molar-refractivity contribution in [1.29, 1.82) is 0 Å². The largest absolute Gasteiger partial charge is 0.395 e. The number of aliphatic hydroxyl groups excluding tert-OH is 1. The predicted molar refractivity (Wildman–Crippen MR) is 63.7 cm³/mol. The summed E-state index contributed by atoms with van der Waals surface area (Å²) < 4.78 is 2.38. The van der Waals surface area contributed by atoms with E-state index in [1.54, 1.807) is 0 Å². The van der Waals surface area contributed by atoms with E-state index in [1.165, 1.54) is 5.56 Å². The zero-order valence-corrected chi connectivity index (χ0v) is 9.57. The third-order valence-electron chi connectivity index (χ3n) is 2.37. The normalized spacial score (nSPS) is 10.6. The Bertz CT molecular complexity index is 503. The zero-order valence-electron chi connectivity index (χ0n) is 8.76. The molecular weight excluding hydrogens is 222 g/mol. The molecule has 1 aromatic carbocycles. The molecule has 1 aromatic heterocycles. The first kappa shape index (κ1) is 11.0. The monoisotopic (exact) mass is 235 g/mol. The van der Waals surface area contributed by atoms with E-state index in [4.69, 9.17) is 17.3 Å². The average molecular weight is 235 g/mol. The summed E-state index contributed by atoms with van der Waals surface area (Å²) in [5.74, 6) is 0.852. The van der Waals surface area contributed by atoms with Crippen LogP contribution in [0.15, 0.2) is 30.3 Å². The lowest BCUT2D eigenvalue weighted by molar-refractivity contribution is 0.273. The van der Waals surface area contributed by atoms with Crippen LogP contribution in [0.25, 0.3) is 0 Å². The average Bonchev–Trinajstić information content (AvgIpc) is 2.64. The molecule has 2 N–H and O–H groups in total. The maximum atomic E-state index is 8.94. The van der Waals surface area contributed by atoms with E-state index >= 15 is 0 Å². The predicted octanol–water partition coefficient (Wildman–Crippen LogP) is 1.52. The van der Waals surface area contributed by atoms with Gasteiger partial charge in [0.15, 0.2) is 4.77 Å². The highest BCUT2D eigenvalue weighted by atomic mass is 32.1. The number of aromatic amines is 1. The summed E-state index contributed by atoms with van der Waals surface area (Å²) in [6, 6.07) is 10.1. The molecule has 0 amide bonds. The zero-order chi connectivity index (χ0) is 11.4. The molecule has 0 bridgehead atoms. The van der Waals surface area contributed by atoms with Gasteiger partial charge in [0.1, 0.15) is 5.82 Å². The molecule has 0 radical (unpaired) electrons. The number of nitrogens with one attached hydrogen (secondary N) is 1. The molecule has 0 unspecified atom stereocenters. The van der Waals surface area contributed by atoms with Crippen molar-refractivity contribution in [3.05, 3.63) is 46.5 Å². The highest BCUT2D eigenvalue weighted by Crippen LogP contribution is 2.07. The Labute approximate surface area is 98.6 Å². The van der Waals surface area contributed by atoms with Crippen molar-refractivity contribution in [3.63, 3.8) is 0 Å². The third kappa shape index (κ3) is 2.37. The van der Waals surface area contributed by atoms with Gasteiger partial charge in [-0.15, -0.1) is 0 Å². The molecule has 4 nitrogen and oxygen atoms in total. The molecule has 0 atom stereocenters. The number of aromatic nitrogens is 3. The first-order chi connectivity index (χ1) is 7.81. The number of rotatable bonds is 4. The fourth-order valence-corrected chi connectivity index (χ4v) is 1.84. The molecule has 0 fully saturated rings. The van der Waals surface area contributed by atoms with Crippen molar-refractivity contribution in [1.82, 2.24) is 14.8 Å². The summed E-state index contributed by atoms with van der Waals surface area (Å²) in [6.07, 6.45) is 0.716. The number of benzene rings is 1. The van der Waals surface area contributed by atoms with Crippen LogP contribution in [0.5, 0.6) is 0 Å². The fraction of sp³-hybridized carbons (Fsp3) is 0.273. The molecule has 2 rings (SSSR count). The van der Waals surface area contributed by atoms with Crippen LogP contribution < -0.4 is 0 Å². The van der Waals surface area contributed by atoms with Crippen molar-refractivity contribution < 1.29 is 5.11 Å². The van der Waals surface area contributed by atoms with E-state index in [-0.39, 0.29) is 6.61 Å². The van der Waals surface area contributed by atoms with Crippen LogP contribution in [0.4, 0.5) is 0 Å². The van der Waals surface area contributed by atoms with Gasteiger partial charge in [0.25, 0.3) is 0 Å². The second kappa shape index (κ2) is 5.05. The molecule has 1 heterocycles. The van der Waals surface area contributed by atoms with Crippen LogP contribution in [-0.4, -0.2) is 26.5 Å². The number of H-pyrrole nitrogens is 1. The molecule has 16 heavy (non-hydrogen) atoms. The number of hydrogen-bond acceptors (Lipinski definition) is 3. The highest BCUT2D eigenvalue weighted by Gasteiger charge is 2.05.